The Balaban J connectivity index is 1.78. The molecule has 1 rings (SSSR count). The lowest BCUT2D eigenvalue weighted by Gasteiger charge is -2.22. The maximum absolute atomic E-state index is 9.08. The Kier molecular flexibility index (Phi) is 16.4. The molecule has 1 aliphatic rings. The van der Waals surface area contributed by atoms with Gasteiger partial charge in [-0.1, -0.05) is 83.3 Å². The van der Waals surface area contributed by atoms with Gasteiger partial charge >= 0.3 is 0 Å². The van der Waals surface area contributed by atoms with Gasteiger partial charge in [0.2, 0.25) is 0 Å². The van der Waals surface area contributed by atoms with Crippen LogP contribution in [0.25, 0.3) is 0 Å². The van der Waals surface area contributed by atoms with Gasteiger partial charge in [-0.2, -0.15) is 0 Å². The molecule has 0 bridgehead atoms. The molecule has 1 atom stereocenters. The van der Waals surface area contributed by atoms with Crippen LogP contribution in [0.15, 0.2) is 12.2 Å². The quantitative estimate of drug-likeness (QED) is 0.243. The van der Waals surface area contributed by atoms with E-state index in [0.717, 1.165) is 19.6 Å². The minimum Gasteiger partial charge on any atom is -0.395 e. The predicted octanol–water partition coefficient (Wildman–Crippen LogP) is 5.64. The molecule has 1 aliphatic heterocycles. The lowest BCUT2D eigenvalue weighted by Crippen LogP contribution is -2.37. The fraction of sp³-hybridized carbons (Fsp3) is 0.913. The predicted molar refractivity (Wildman–Crippen MR) is 115 cm³/mol. The number of aliphatic hydroxyl groups excluding tert-OH is 1. The highest BCUT2D eigenvalue weighted by molar-refractivity contribution is 4.81. The largest absolute Gasteiger partial charge is 0.395 e. The second kappa shape index (κ2) is 18.0. The van der Waals surface area contributed by atoms with Crippen molar-refractivity contribution < 1.29 is 5.11 Å². The van der Waals surface area contributed by atoms with Gasteiger partial charge in [-0.05, 0) is 32.1 Å². The van der Waals surface area contributed by atoms with E-state index in [2.05, 4.69) is 29.3 Å². The summed E-state index contributed by atoms with van der Waals surface area (Å²) < 4.78 is 0. The molecule has 0 amide bonds. The molecule has 0 aliphatic carbocycles. The van der Waals surface area contributed by atoms with Gasteiger partial charge in [-0.25, -0.2) is 0 Å². The number of allylic oxidation sites excluding steroid dienone is 2. The summed E-state index contributed by atoms with van der Waals surface area (Å²) in [6, 6.07) is 0. The molecule has 1 heterocycles. The molecule has 3 nitrogen and oxygen atoms in total. The van der Waals surface area contributed by atoms with Gasteiger partial charge in [0.15, 0.2) is 0 Å². The van der Waals surface area contributed by atoms with Gasteiger partial charge in [-0.3, -0.25) is 4.90 Å². The maximum atomic E-state index is 9.08. The fourth-order valence-electron chi connectivity index (χ4n) is 3.93. The Hall–Kier alpha value is -0.380. The Bertz CT molecular complexity index is 319. The van der Waals surface area contributed by atoms with Crippen LogP contribution < -0.4 is 5.32 Å². The second-order valence-electron chi connectivity index (χ2n) is 7.96. The van der Waals surface area contributed by atoms with Crippen molar-refractivity contribution in [2.75, 3.05) is 26.2 Å². The Labute approximate surface area is 163 Å². The third kappa shape index (κ3) is 12.9. The molecule has 2 N–H and O–H groups in total. The molecule has 26 heavy (non-hydrogen) atoms. The van der Waals surface area contributed by atoms with Crippen LogP contribution >= 0.6 is 0 Å². The van der Waals surface area contributed by atoms with Crippen LogP contribution in [0.4, 0.5) is 0 Å². The Morgan fingerprint density at radius 3 is 2.04 bits per heavy atom. The summed E-state index contributed by atoms with van der Waals surface area (Å²) in [6.45, 7) is 5.56. The monoisotopic (exact) mass is 366 g/mol. The summed E-state index contributed by atoms with van der Waals surface area (Å²) in [4.78, 5) is 2.39. The van der Waals surface area contributed by atoms with Crippen molar-refractivity contribution in [2.45, 2.75) is 109 Å². The van der Waals surface area contributed by atoms with Gasteiger partial charge in [0, 0.05) is 19.6 Å². The van der Waals surface area contributed by atoms with Gasteiger partial charge in [0.1, 0.15) is 0 Å². The van der Waals surface area contributed by atoms with E-state index >= 15 is 0 Å². The first-order valence-corrected chi connectivity index (χ1v) is 11.6. The van der Waals surface area contributed by atoms with E-state index in [9.17, 15) is 0 Å². The molecule has 1 saturated heterocycles. The van der Waals surface area contributed by atoms with Crippen molar-refractivity contribution in [1.82, 2.24) is 10.2 Å². The number of β-amino-alcohol motifs (C(OH)–C–C–N with tert-alkyl or cyclic N) is 1. The first-order valence-electron chi connectivity index (χ1n) is 11.6. The van der Waals surface area contributed by atoms with E-state index < -0.39 is 0 Å². The van der Waals surface area contributed by atoms with E-state index in [1.54, 1.807) is 0 Å². The third-order valence-corrected chi connectivity index (χ3v) is 5.60. The summed E-state index contributed by atoms with van der Waals surface area (Å²) in [5, 5.41) is 12.6. The number of unbranched alkanes of at least 4 members (excludes halogenated alkanes) is 12. The Morgan fingerprint density at radius 2 is 1.42 bits per heavy atom. The number of nitrogens with zero attached hydrogens (tertiary/aromatic N) is 1. The minimum atomic E-state index is 0.283. The van der Waals surface area contributed by atoms with Crippen molar-refractivity contribution in [1.29, 1.82) is 0 Å². The molecular formula is C23H46N2O. The molecule has 0 spiro atoms. The standard InChI is InChI=1S/C23H46N2O/c1-2-3-4-5-6-7-8-9-10-11-12-13-14-15-16-17-18-23-24-19-20-25(23)21-22-26/h9-10,23-24,26H,2-8,11-22H2,1H3. The van der Waals surface area contributed by atoms with Crippen LogP contribution in [-0.4, -0.2) is 42.4 Å². The molecule has 154 valence electrons. The highest BCUT2D eigenvalue weighted by Crippen LogP contribution is 2.14. The summed E-state index contributed by atoms with van der Waals surface area (Å²) >= 11 is 0. The lowest BCUT2D eigenvalue weighted by molar-refractivity contribution is 0.171. The van der Waals surface area contributed by atoms with Crippen LogP contribution in [0, 0.1) is 0 Å². The summed E-state index contributed by atoms with van der Waals surface area (Å²) in [7, 11) is 0. The average molecular weight is 367 g/mol. The van der Waals surface area contributed by atoms with E-state index in [4.69, 9.17) is 5.11 Å². The van der Waals surface area contributed by atoms with Gasteiger partial charge in [0.05, 0.1) is 12.8 Å². The van der Waals surface area contributed by atoms with Crippen molar-refractivity contribution in [2.24, 2.45) is 0 Å². The number of hydrogen-bond acceptors (Lipinski definition) is 3. The lowest BCUT2D eigenvalue weighted by atomic mass is 10.1. The average Bonchev–Trinajstić information content (AvgIpc) is 3.09. The van der Waals surface area contributed by atoms with Crippen LogP contribution in [-0.2, 0) is 0 Å². The summed E-state index contributed by atoms with van der Waals surface area (Å²) in [6.07, 6.45) is 25.7. The van der Waals surface area contributed by atoms with Crippen LogP contribution in [0.1, 0.15) is 103 Å². The van der Waals surface area contributed by atoms with E-state index in [0.29, 0.717) is 6.17 Å². The van der Waals surface area contributed by atoms with Crippen LogP contribution in [0.3, 0.4) is 0 Å². The smallest absolute Gasteiger partial charge is 0.0598 e. The molecule has 0 aromatic rings. The first-order chi connectivity index (χ1) is 12.9. The van der Waals surface area contributed by atoms with E-state index in [-0.39, 0.29) is 6.61 Å². The molecule has 0 aromatic carbocycles. The zero-order valence-corrected chi connectivity index (χ0v) is 17.6. The molecule has 0 radical (unpaired) electrons. The molecule has 0 saturated carbocycles. The number of hydrogen-bond donors (Lipinski definition) is 2. The molecule has 1 unspecified atom stereocenters. The van der Waals surface area contributed by atoms with Gasteiger partial charge < -0.3 is 10.4 Å². The van der Waals surface area contributed by atoms with Gasteiger partial charge in [-0.15, -0.1) is 0 Å². The van der Waals surface area contributed by atoms with Crippen LogP contribution in [0.5, 0.6) is 0 Å². The minimum absolute atomic E-state index is 0.283. The summed E-state index contributed by atoms with van der Waals surface area (Å²) in [5.41, 5.74) is 0. The second-order valence-corrected chi connectivity index (χ2v) is 7.96. The van der Waals surface area contributed by atoms with E-state index in [1.807, 2.05) is 0 Å². The molecule has 0 aromatic heterocycles. The van der Waals surface area contributed by atoms with Crippen molar-refractivity contribution in [3.05, 3.63) is 12.2 Å². The zero-order chi connectivity index (χ0) is 18.7. The Morgan fingerprint density at radius 1 is 0.846 bits per heavy atom. The number of aliphatic hydroxyl groups is 1. The van der Waals surface area contributed by atoms with E-state index in [1.165, 1.54) is 96.3 Å². The SMILES string of the molecule is CCCCCCCCC=CCCCCCCCCC1NCCN1CCO. The molecular weight excluding hydrogens is 320 g/mol. The topological polar surface area (TPSA) is 35.5 Å². The zero-order valence-electron chi connectivity index (χ0n) is 17.6. The highest BCUT2D eigenvalue weighted by Gasteiger charge is 2.22. The fourth-order valence-corrected chi connectivity index (χ4v) is 3.93. The maximum Gasteiger partial charge on any atom is 0.0598 e. The van der Waals surface area contributed by atoms with Crippen molar-refractivity contribution in [3.8, 4) is 0 Å². The van der Waals surface area contributed by atoms with Crippen molar-refractivity contribution >= 4 is 0 Å². The molecule has 1 fully saturated rings. The first kappa shape index (κ1) is 23.7. The highest BCUT2D eigenvalue weighted by atomic mass is 16.3. The summed E-state index contributed by atoms with van der Waals surface area (Å²) in [5.74, 6) is 0. The third-order valence-electron chi connectivity index (χ3n) is 5.60. The molecule has 3 heteroatoms. The normalized spacial score (nSPS) is 18.3. The number of nitrogens with one attached hydrogen (secondary N) is 1. The number of rotatable bonds is 18. The van der Waals surface area contributed by atoms with Gasteiger partial charge in [0.25, 0.3) is 0 Å². The van der Waals surface area contributed by atoms with Crippen LogP contribution in [0.2, 0.25) is 0 Å². The van der Waals surface area contributed by atoms with Crippen molar-refractivity contribution in [3.63, 3.8) is 0 Å².